The number of halogens is 1. The first-order valence-electron chi connectivity index (χ1n) is 7.45. The summed E-state index contributed by atoms with van der Waals surface area (Å²) in [5.41, 5.74) is 0. The van der Waals surface area contributed by atoms with Crippen LogP contribution in [0.2, 0.25) is 0 Å². The number of nitrogens with zero attached hydrogens (tertiary/aromatic N) is 1. The van der Waals surface area contributed by atoms with Gasteiger partial charge in [-0.1, -0.05) is 18.9 Å². The van der Waals surface area contributed by atoms with Crippen LogP contribution in [0.25, 0.3) is 0 Å². The second-order valence-electron chi connectivity index (χ2n) is 5.75. The fraction of sp³-hybridized carbons (Fsp3) is 0.667. The Labute approximate surface area is 114 Å². The Morgan fingerprint density at radius 3 is 2.89 bits per heavy atom. The Morgan fingerprint density at radius 1 is 1.16 bits per heavy atom. The first kappa shape index (κ1) is 12.9. The van der Waals surface area contributed by atoms with Gasteiger partial charge in [0.05, 0.1) is 0 Å². The monoisotopic (exact) mass is 263 g/mol. The molecular weight excluding hydrogens is 241 g/mol. The maximum absolute atomic E-state index is 13.1. The number of rotatable bonds is 3. The van der Waals surface area contributed by atoms with Gasteiger partial charge in [0.1, 0.15) is 5.82 Å². The topological polar surface area (TPSA) is 37.0 Å². The van der Waals surface area contributed by atoms with E-state index in [1.807, 2.05) is 6.07 Å². The number of nitrogens with one attached hydrogen (secondary N) is 2. The summed E-state index contributed by atoms with van der Waals surface area (Å²) in [7, 11) is 0. The fourth-order valence-electron chi connectivity index (χ4n) is 3.57. The number of pyridine rings is 1. The number of piperidine rings is 1. The summed E-state index contributed by atoms with van der Waals surface area (Å²) in [6.45, 7) is 1.14. The zero-order valence-corrected chi connectivity index (χ0v) is 11.2. The highest BCUT2D eigenvalue weighted by Gasteiger charge is 2.34. The van der Waals surface area contributed by atoms with Crippen LogP contribution in [-0.2, 0) is 0 Å². The number of aromatic nitrogens is 1. The Balaban J connectivity index is 1.65. The van der Waals surface area contributed by atoms with Crippen molar-refractivity contribution < 1.29 is 4.39 Å². The summed E-state index contributed by atoms with van der Waals surface area (Å²) in [5, 5.41) is 7.09. The van der Waals surface area contributed by atoms with Gasteiger partial charge in [0.2, 0.25) is 5.95 Å². The molecule has 104 valence electrons. The smallest absolute Gasteiger partial charge is 0.214 e. The molecule has 0 aromatic carbocycles. The van der Waals surface area contributed by atoms with Crippen LogP contribution in [0.15, 0.2) is 18.2 Å². The molecule has 1 aliphatic heterocycles. The summed E-state index contributed by atoms with van der Waals surface area (Å²) < 4.78 is 13.1. The zero-order valence-electron chi connectivity index (χ0n) is 11.2. The van der Waals surface area contributed by atoms with Crippen LogP contribution < -0.4 is 10.6 Å². The van der Waals surface area contributed by atoms with Crippen molar-refractivity contribution in [1.29, 1.82) is 0 Å². The van der Waals surface area contributed by atoms with E-state index in [0.29, 0.717) is 23.8 Å². The quantitative estimate of drug-likeness (QED) is 0.823. The third-order valence-corrected chi connectivity index (χ3v) is 4.48. The van der Waals surface area contributed by atoms with Gasteiger partial charge in [-0.25, -0.2) is 4.98 Å². The van der Waals surface area contributed by atoms with Crippen molar-refractivity contribution in [1.82, 2.24) is 10.3 Å². The van der Waals surface area contributed by atoms with Gasteiger partial charge in [0, 0.05) is 12.1 Å². The summed E-state index contributed by atoms with van der Waals surface area (Å²) in [6.07, 6.45) is 7.60. The van der Waals surface area contributed by atoms with Crippen molar-refractivity contribution >= 4 is 5.82 Å². The van der Waals surface area contributed by atoms with Crippen molar-refractivity contribution in [3.8, 4) is 0 Å². The Morgan fingerprint density at radius 2 is 2.11 bits per heavy atom. The maximum atomic E-state index is 13.1. The minimum absolute atomic E-state index is 0.407. The molecule has 1 aliphatic carbocycles. The van der Waals surface area contributed by atoms with Crippen LogP contribution in [0.5, 0.6) is 0 Å². The van der Waals surface area contributed by atoms with E-state index in [9.17, 15) is 4.39 Å². The molecule has 1 saturated heterocycles. The Kier molecular flexibility index (Phi) is 3.97. The van der Waals surface area contributed by atoms with E-state index in [-0.39, 0.29) is 0 Å². The second-order valence-corrected chi connectivity index (χ2v) is 5.75. The second kappa shape index (κ2) is 5.87. The minimum Gasteiger partial charge on any atom is -0.367 e. The highest BCUT2D eigenvalue weighted by molar-refractivity contribution is 5.35. The van der Waals surface area contributed by atoms with Crippen LogP contribution >= 0.6 is 0 Å². The van der Waals surface area contributed by atoms with Crippen LogP contribution in [-0.4, -0.2) is 23.6 Å². The summed E-state index contributed by atoms with van der Waals surface area (Å²) >= 11 is 0. The highest BCUT2D eigenvalue weighted by atomic mass is 19.1. The molecule has 2 aliphatic rings. The SMILES string of the molecule is Fc1cccc(NC2CCCC2C2CCCCN2)n1. The lowest BCUT2D eigenvalue weighted by molar-refractivity contribution is 0.286. The average Bonchev–Trinajstić information content (AvgIpc) is 2.88. The first-order valence-corrected chi connectivity index (χ1v) is 7.45. The fourth-order valence-corrected chi connectivity index (χ4v) is 3.57. The summed E-state index contributed by atoms with van der Waals surface area (Å²) in [4.78, 5) is 3.92. The lowest BCUT2D eigenvalue weighted by Gasteiger charge is -2.33. The predicted molar refractivity (Wildman–Crippen MR) is 74.6 cm³/mol. The van der Waals surface area contributed by atoms with Crippen molar-refractivity contribution in [2.24, 2.45) is 5.92 Å². The van der Waals surface area contributed by atoms with E-state index < -0.39 is 5.95 Å². The van der Waals surface area contributed by atoms with Gasteiger partial charge in [-0.3, -0.25) is 0 Å². The van der Waals surface area contributed by atoms with Gasteiger partial charge in [-0.2, -0.15) is 4.39 Å². The first-order chi connectivity index (χ1) is 9.33. The molecule has 3 nitrogen and oxygen atoms in total. The van der Waals surface area contributed by atoms with E-state index in [1.165, 1.54) is 44.6 Å². The van der Waals surface area contributed by atoms with Gasteiger partial charge >= 0.3 is 0 Å². The third kappa shape index (κ3) is 3.06. The van der Waals surface area contributed by atoms with Crippen molar-refractivity contribution in [2.45, 2.75) is 50.6 Å². The van der Waals surface area contributed by atoms with Gasteiger partial charge in [-0.15, -0.1) is 0 Å². The molecule has 4 heteroatoms. The molecule has 0 bridgehead atoms. The third-order valence-electron chi connectivity index (χ3n) is 4.48. The zero-order chi connectivity index (χ0) is 13.1. The molecule has 0 amide bonds. The molecule has 19 heavy (non-hydrogen) atoms. The molecule has 3 rings (SSSR count). The molecule has 0 spiro atoms. The number of hydrogen-bond acceptors (Lipinski definition) is 3. The van der Waals surface area contributed by atoms with Crippen molar-refractivity contribution in [2.75, 3.05) is 11.9 Å². The number of hydrogen-bond donors (Lipinski definition) is 2. The normalized spacial score (nSPS) is 31.3. The summed E-state index contributed by atoms with van der Waals surface area (Å²) in [5.74, 6) is 0.924. The Hall–Kier alpha value is -1.16. The maximum Gasteiger partial charge on any atom is 0.214 e. The van der Waals surface area contributed by atoms with E-state index in [2.05, 4.69) is 15.6 Å². The molecule has 1 saturated carbocycles. The van der Waals surface area contributed by atoms with E-state index in [1.54, 1.807) is 6.07 Å². The van der Waals surface area contributed by atoms with Crippen LogP contribution in [0, 0.1) is 11.9 Å². The Bertz CT molecular complexity index is 418. The minimum atomic E-state index is -0.407. The molecule has 3 atom stereocenters. The van der Waals surface area contributed by atoms with Crippen LogP contribution in [0.1, 0.15) is 38.5 Å². The van der Waals surface area contributed by atoms with E-state index >= 15 is 0 Å². The molecule has 3 unspecified atom stereocenters. The van der Waals surface area contributed by atoms with Gasteiger partial charge in [0.25, 0.3) is 0 Å². The molecule has 0 radical (unpaired) electrons. The lowest BCUT2D eigenvalue weighted by atomic mass is 9.88. The largest absolute Gasteiger partial charge is 0.367 e. The lowest BCUT2D eigenvalue weighted by Crippen LogP contribution is -2.44. The molecule has 2 heterocycles. The highest BCUT2D eigenvalue weighted by Crippen LogP contribution is 2.33. The molecule has 1 aromatic rings. The number of anilines is 1. The molecular formula is C15H22FN3. The summed E-state index contributed by atoms with van der Waals surface area (Å²) in [6, 6.07) is 6.02. The molecule has 2 fully saturated rings. The predicted octanol–water partition coefficient (Wildman–Crippen LogP) is 2.94. The standard InChI is InChI=1S/C15H22FN3/c16-14-8-4-9-15(19-14)18-13-7-3-5-11(13)12-6-1-2-10-17-12/h4,8-9,11-13,17H,1-3,5-7,10H2,(H,18,19). The van der Waals surface area contributed by atoms with Crippen LogP contribution in [0.4, 0.5) is 10.2 Å². The van der Waals surface area contributed by atoms with E-state index in [0.717, 1.165) is 6.54 Å². The van der Waals surface area contributed by atoms with Crippen molar-refractivity contribution in [3.05, 3.63) is 24.1 Å². The van der Waals surface area contributed by atoms with Gasteiger partial charge in [0.15, 0.2) is 0 Å². The molecule has 1 aromatic heterocycles. The van der Waals surface area contributed by atoms with E-state index in [4.69, 9.17) is 0 Å². The average molecular weight is 263 g/mol. The van der Waals surface area contributed by atoms with Gasteiger partial charge < -0.3 is 10.6 Å². The van der Waals surface area contributed by atoms with Crippen molar-refractivity contribution in [3.63, 3.8) is 0 Å². The van der Waals surface area contributed by atoms with Gasteiger partial charge in [-0.05, 0) is 50.3 Å². The van der Waals surface area contributed by atoms with Crippen LogP contribution in [0.3, 0.4) is 0 Å². The molecule has 2 N–H and O–H groups in total.